The Hall–Kier alpha value is -1.27. The second-order valence-corrected chi connectivity index (χ2v) is 7.50. The number of cyclic esters (lactones) is 1. The molecule has 1 amide bonds. The fourth-order valence-corrected chi connectivity index (χ4v) is 2.76. The number of amides is 1. The van der Waals surface area contributed by atoms with E-state index in [-0.39, 0.29) is 28.8 Å². The minimum Gasteiger partial charge on any atom is -0.449 e. The molecule has 1 heterocycles. The largest absolute Gasteiger partial charge is 0.449 e. The maximum atomic E-state index is 11.4. The lowest BCUT2D eigenvalue weighted by Crippen LogP contribution is -2.46. The van der Waals surface area contributed by atoms with E-state index in [0.717, 1.165) is 5.56 Å². The van der Waals surface area contributed by atoms with Gasteiger partial charge in [0.05, 0.1) is 10.9 Å². The Kier molecular flexibility index (Phi) is 4.71. The number of sulfone groups is 1. The number of nitrogens with one attached hydrogen (secondary N) is 1. The first kappa shape index (κ1) is 16.8. The number of ether oxygens (including phenoxy) is 1. The number of carbonyl (C=O) groups is 1. The van der Waals surface area contributed by atoms with Crippen LogP contribution in [-0.2, 0) is 14.6 Å². The molecular weight excluding hydrogens is 302 g/mol. The molecule has 0 radical (unpaired) electrons. The minimum absolute atomic E-state index is 0. The van der Waals surface area contributed by atoms with Crippen LogP contribution in [0.5, 0.6) is 0 Å². The van der Waals surface area contributed by atoms with Crippen LogP contribution in [-0.4, -0.2) is 27.4 Å². The Labute approximate surface area is 125 Å². The summed E-state index contributed by atoms with van der Waals surface area (Å²) in [7, 11) is -3.20. The minimum atomic E-state index is -3.20. The average molecular weight is 320 g/mol. The molecule has 0 saturated carbocycles. The zero-order valence-electron chi connectivity index (χ0n) is 11.5. The van der Waals surface area contributed by atoms with Crippen molar-refractivity contribution < 1.29 is 17.9 Å². The molecule has 20 heavy (non-hydrogen) atoms. The lowest BCUT2D eigenvalue weighted by atomic mass is 9.80. The van der Waals surface area contributed by atoms with Crippen LogP contribution < -0.4 is 5.32 Å². The Morgan fingerprint density at radius 2 is 1.80 bits per heavy atom. The van der Waals surface area contributed by atoms with Gasteiger partial charge < -0.3 is 10.1 Å². The van der Waals surface area contributed by atoms with Crippen LogP contribution in [0.15, 0.2) is 29.2 Å². The molecule has 1 aliphatic rings. The number of alkyl carbamates (subject to hydrolysis) is 1. The van der Waals surface area contributed by atoms with Gasteiger partial charge >= 0.3 is 6.09 Å². The second kappa shape index (κ2) is 5.61. The lowest BCUT2D eigenvalue weighted by Gasteiger charge is -2.38. The number of halogens is 1. The second-order valence-electron chi connectivity index (χ2n) is 5.48. The fraction of sp³-hybridized carbons (Fsp3) is 0.462. The molecule has 0 aliphatic carbocycles. The first-order valence-electron chi connectivity index (χ1n) is 5.93. The van der Waals surface area contributed by atoms with Crippen molar-refractivity contribution in [3.8, 4) is 0 Å². The van der Waals surface area contributed by atoms with E-state index in [4.69, 9.17) is 4.74 Å². The zero-order chi connectivity index (χ0) is 14.3. The van der Waals surface area contributed by atoms with E-state index in [0.29, 0.717) is 6.61 Å². The maximum Gasteiger partial charge on any atom is 0.407 e. The van der Waals surface area contributed by atoms with Gasteiger partial charge in [-0.05, 0) is 17.7 Å². The highest BCUT2D eigenvalue weighted by Gasteiger charge is 2.37. The third kappa shape index (κ3) is 3.43. The summed E-state index contributed by atoms with van der Waals surface area (Å²) >= 11 is 0. The summed E-state index contributed by atoms with van der Waals surface area (Å²) in [4.78, 5) is 11.6. The van der Waals surface area contributed by atoms with E-state index in [9.17, 15) is 13.2 Å². The monoisotopic (exact) mass is 319 g/mol. The molecular formula is C13H18ClNO4S. The summed E-state index contributed by atoms with van der Waals surface area (Å²) in [6.07, 6.45) is 0.721. The predicted octanol–water partition coefficient (Wildman–Crippen LogP) is 2.32. The lowest BCUT2D eigenvalue weighted by molar-refractivity contribution is 0.0387. The highest BCUT2D eigenvalue weighted by atomic mass is 35.5. The number of hydrogen-bond acceptors (Lipinski definition) is 4. The van der Waals surface area contributed by atoms with E-state index in [1.807, 2.05) is 13.8 Å². The number of hydrogen-bond donors (Lipinski definition) is 1. The van der Waals surface area contributed by atoms with E-state index in [1.54, 1.807) is 24.3 Å². The van der Waals surface area contributed by atoms with Crippen LogP contribution in [0.2, 0.25) is 0 Å². The van der Waals surface area contributed by atoms with Crippen LogP contribution in [0.25, 0.3) is 0 Å². The van der Waals surface area contributed by atoms with E-state index < -0.39 is 15.9 Å². The molecule has 1 aliphatic heterocycles. The Balaban J connectivity index is 0.00000200. The summed E-state index contributed by atoms with van der Waals surface area (Å²) in [6, 6.07) is 6.38. The molecule has 7 heteroatoms. The highest BCUT2D eigenvalue weighted by molar-refractivity contribution is 7.90. The van der Waals surface area contributed by atoms with Crippen molar-refractivity contribution in [3.63, 3.8) is 0 Å². The van der Waals surface area contributed by atoms with Gasteiger partial charge in [-0.25, -0.2) is 13.2 Å². The number of benzene rings is 1. The Morgan fingerprint density at radius 1 is 1.25 bits per heavy atom. The summed E-state index contributed by atoms with van der Waals surface area (Å²) < 4.78 is 27.8. The third-order valence-corrected chi connectivity index (χ3v) is 4.39. The summed E-state index contributed by atoms with van der Waals surface area (Å²) in [5.41, 5.74) is 0.620. The molecule has 1 N–H and O–H groups in total. The van der Waals surface area contributed by atoms with Crippen LogP contribution >= 0.6 is 12.4 Å². The average Bonchev–Trinajstić information content (AvgIpc) is 2.31. The van der Waals surface area contributed by atoms with Gasteiger partial charge in [0.25, 0.3) is 0 Å². The van der Waals surface area contributed by atoms with Crippen molar-refractivity contribution >= 4 is 28.3 Å². The van der Waals surface area contributed by atoms with E-state index in [1.165, 1.54) is 6.26 Å². The molecule has 1 fully saturated rings. The smallest absolute Gasteiger partial charge is 0.407 e. The molecule has 112 valence electrons. The third-order valence-electron chi connectivity index (χ3n) is 3.26. The van der Waals surface area contributed by atoms with Crippen molar-refractivity contribution in [2.24, 2.45) is 5.41 Å². The SMILES string of the molecule is CC1(C)COC(=O)N[C@H]1c1ccc(S(C)(=O)=O)cc1.Cl. The van der Waals surface area contributed by atoms with Crippen LogP contribution in [0, 0.1) is 5.41 Å². The van der Waals surface area contributed by atoms with Gasteiger partial charge in [-0.3, -0.25) is 0 Å². The highest BCUT2D eigenvalue weighted by Crippen LogP contribution is 2.36. The standard InChI is InChI=1S/C13H17NO4S.ClH/c1-13(2)8-18-12(15)14-11(13)9-4-6-10(7-5-9)19(3,16)17;/h4-7,11H,8H2,1-3H3,(H,14,15);1H/t11-;/m0./s1. The topological polar surface area (TPSA) is 72.5 Å². The molecule has 0 spiro atoms. The van der Waals surface area contributed by atoms with Gasteiger partial charge in [-0.1, -0.05) is 26.0 Å². The van der Waals surface area contributed by atoms with E-state index >= 15 is 0 Å². The molecule has 0 unspecified atom stereocenters. The summed E-state index contributed by atoms with van der Waals surface area (Å²) in [5, 5.41) is 2.77. The zero-order valence-corrected chi connectivity index (χ0v) is 13.2. The van der Waals surface area contributed by atoms with Crippen LogP contribution in [0.1, 0.15) is 25.5 Å². The molecule has 0 aromatic heterocycles. The van der Waals surface area contributed by atoms with Gasteiger partial charge in [0, 0.05) is 11.7 Å². The maximum absolute atomic E-state index is 11.4. The van der Waals surface area contributed by atoms with Crippen molar-refractivity contribution in [3.05, 3.63) is 29.8 Å². The Morgan fingerprint density at radius 3 is 2.30 bits per heavy atom. The van der Waals surface area contributed by atoms with Gasteiger partial charge in [0.2, 0.25) is 0 Å². The van der Waals surface area contributed by atoms with Crippen molar-refractivity contribution in [1.82, 2.24) is 5.32 Å². The summed E-state index contributed by atoms with van der Waals surface area (Å²) in [5.74, 6) is 0. The molecule has 1 atom stereocenters. The van der Waals surface area contributed by atoms with E-state index in [2.05, 4.69) is 5.32 Å². The van der Waals surface area contributed by atoms with Crippen LogP contribution in [0.4, 0.5) is 4.79 Å². The molecule has 2 rings (SSSR count). The quantitative estimate of drug-likeness (QED) is 0.908. The first-order chi connectivity index (χ1) is 8.70. The molecule has 1 aromatic rings. The molecule has 1 saturated heterocycles. The first-order valence-corrected chi connectivity index (χ1v) is 7.82. The van der Waals surface area contributed by atoms with Gasteiger partial charge in [-0.15, -0.1) is 12.4 Å². The molecule has 1 aromatic carbocycles. The molecule has 0 bridgehead atoms. The van der Waals surface area contributed by atoms with Crippen molar-refractivity contribution in [1.29, 1.82) is 0 Å². The Bertz CT molecular complexity index is 595. The van der Waals surface area contributed by atoms with Gasteiger partial charge in [0.15, 0.2) is 9.84 Å². The normalized spacial score (nSPS) is 21.4. The number of carbonyl (C=O) groups excluding carboxylic acids is 1. The van der Waals surface area contributed by atoms with Gasteiger partial charge in [0.1, 0.15) is 6.61 Å². The molecule has 5 nitrogen and oxygen atoms in total. The fourth-order valence-electron chi connectivity index (χ4n) is 2.13. The van der Waals surface area contributed by atoms with Crippen molar-refractivity contribution in [2.75, 3.05) is 12.9 Å². The van der Waals surface area contributed by atoms with Crippen LogP contribution in [0.3, 0.4) is 0 Å². The van der Waals surface area contributed by atoms with Crippen molar-refractivity contribution in [2.45, 2.75) is 24.8 Å². The predicted molar refractivity (Wildman–Crippen MR) is 77.8 cm³/mol. The van der Waals surface area contributed by atoms with Gasteiger partial charge in [-0.2, -0.15) is 0 Å². The summed E-state index contributed by atoms with van der Waals surface area (Å²) in [6.45, 7) is 4.31. The number of rotatable bonds is 2.